The number of rotatable bonds is 4. The number of imidazole rings is 1. The van der Waals surface area contributed by atoms with E-state index in [0.717, 1.165) is 12.1 Å². The number of nitrogens with two attached hydrogens (primary N) is 1. The fraction of sp³-hybridized carbons (Fsp3) is 0.308. The van der Waals surface area contributed by atoms with E-state index in [9.17, 15) is 4.79 Å². The van der Waals surface area contributed by atoms with E-state index < -0.39 is 0 Å². The SMILES string of the molecule is CCn1ccn(CCc2ccc(N)cc2)c1=O. The van der Waals surface area contributed by atoms with E-state index in [2.05, 4.69) is 0 Å². The van der Waals surface area contributed by atoms with Gasteiger partial charge >= 0.3 is 5.69 Å². The number of aryl methyl sites for hydroxylation is 3. The van der Waals surface area contributed by atoms with E-state index in [0.29, 0.717) is 13.1 Å². The Morgan fingerprint density at radius 3 is 2.35 bits per heavy atom. The van der Waals surface area contributed by atoms with Crippen LogP contribution >= 0.6 is 0 Å². The number of nitrogen functional groups attached to an aromatic ring is 1. The van der Waals surface area contributed by atoms with Crippen LogP contribution in [-0.4, -0.2) is 9.13 Å². The van der Waals surface area contributed by atoms with E-state index in [1.165, 1.54) is 5.56 Å². The Kier molecular flexibility index (Phi) is 3.32. The van der Waals surface area contributed by atoms with Crippen LogP contribution in [0.15, 0.2) is 41.5 Å². The van der Waals surface area contributed by atoms with Crippen molar-refractivity contribution in [3.8, 4) is 0 Å². The Morgan fingerprint density at radius 1 is 1.12 bits per heavy atom. The molecule has 4 heteroatoms. The van der Waals surface area contributed by atoms with Gasteiger partial charge in [0, 0.05) is 31.2 Å². The molecule has 2 aromatic rings. The van der Waals surface area contributed by atoms with Crippen LogP contribution in [0.2, 0.25) is 0 Å². The van der Waals surface area contributed by atoms with Crippen LogP contribution < -0.4 is 11.4 Å². The third-order valence-electron chi connectivity index (χ3n) is 2.88. The summed E-state index contributed by atoms with van der Waals surface area (Å²) in [6.45, 7) is 3.38. The minimum atomic E-state index is 0.0583. The molecule has 1 heterocycles. The van der Waals surface area contributed by atoms with Crippen LogP contribution in [0, 0.1) is 0 Å². The first-order chi connectivity index (χ1) is 8.20. The van der Waals surface area contributed by atoms with Gasteiger partial charge in [-0.3, -0.25) is 9.13 Å². The topological polar surface area (TPSA) is 52.9 Å². The zero-order chi connectivity index (χ0) is 12.3. The smallest absolute Gasteiger partial charge is 0.328 e. The lowest BCUT2D eigenvalue weighted by Crippen LogP contribution is -2.24. The molecule has 0 aliphatic rings. The molecular formula is C13H17N3O. The third-order valence-corrected chi connectivity index (χ3v) is 2.88. The number of nitrogens with zero attached hydrogens (tertiary/aromatic N) is 2. The van der Waals surface area contributed by atoms with Gasteiger partial charge in [-0.1, -0.05) is 12.1 Å². The van der Waals surface area contributed by atoms with Gasteiger partial charge in [0.1, 0.15) is 0 Å². The summed E-state index contributed by atoms with van der Waals surface area (Å²) in [5.41, 5.74) is 7.64. The largest absolute Gasteiger partial charge is 0.399 e. The van der Waals surface area contributed by atoms with Crippen LogP contribution in [0.4, 0.5) is 5.69 Å². The molecule has 2 rings (SSSR count). The number of anilines is 1. The molecule has 1 aromatic heterocycles. The third kappa shape index (κ3) is 2.58. The van der Waals surface area contributed by atoms with E-state index in [-0.39, 0.29) is 5.69 Å². The van der Waals surface area contributed by atoms with E-state index in [1.807, 2.05) is 43.6 Å². The van der Waals surface area contributed by atoms with Crippen LogP contribution in [0.3, 0.4) is 0 Å². The van der Waals surface area contributed by atoms with Crippen molar-refractivity contribution >= 4 is 5.69 Å². The molecule has 0 bridgehead atoms. The second-order valence-electron chi connectivity index (χ2n) is 4.05. The first-order valence-electron chi connectivity index (χ1n) is 5.80. The van der Waals surface area contributed by atoms with Gasteiger partial charge in [-0.25, -0.2) is 4.79 Å². The molecule has 0 amide bonds. The predicted molar refractivity (Wildman–Crippen MR) is 68.9 cm³/mol. The van der Waals surface area contributed by atoms with Gasteiger partial charge in [0.15, 0.2) is 0 Å². The molecule has 4 nitrogen and oxygen atoms in total. The van der Waals surface area contributed by atoms with Gasteiger partial charge in [-0.15, -0.1) is 0 Å². The van der Waals surface area contributed by atoms with E-state index in [1.54, 1.807) is 9.13 Å². The summed E-state index contributed by atoms with van der Waals surface area (Å²) >= 11 is 0. The van der Waals surface area contributed by atoms with Gasteiger partial charge in [-0.05, 0) is 31.0 Å². The van der Waals surface area contributed by atoms with Crippen molar-refractivity contribution < 1.29 is 0 Å². The molecule has 17 heavy (non-hydrogen) atoms. The monoisotopic (exact) mass is 231 g/mol. The average Bonchev–Trinajstić information content (AvgIpc) is 2.69. The lowest BCUT2D eigenvalue weighted by Gasteiger charge is -2.02. The normalized spacial score (nSPS) is 10.6. The highest BCUT2D eigenvalue weighted by Crippen LogP contribution is 2.06. The highest BCUT2D eigenvalue weighted by molar-refractivity contribution is 5.39. The Morgan fingerprint density at radius 2 is 1.76 bits per heavy atom. The molecule has 0 aliphatic heterocycles. The lowest BCUT2D eigenvalue weighted by molar-refractivity contribution is 0.626. The maximum Gasteiger partial charge on any atom is 0.328 e. The fourth-order valence-corrected chi connectivity index (χ4v) is 1.80. The number of hydrogen-bond acceptors (Lipinski definition) is 2. The van der Waals surface area contributed by atoms with Crippen molar-refractivity contribution in [1.29, 1.82) is 0 Å². The van der Waals surface area contributed by atoms with E-state index in [4.69, 9.17) is 5.73 Å². The molecule has 0 aliphatic carbocycles. The van der Waals surface area contributed by atoms with Crippen molar-refractivity contribution in [3.05, 3.63) is 52.7 Å². The first kappa shape index (κ1) is 11.5. The standard InChI is InChI=1S/C13H17N3O/c1-2-15-9-10-16(13(15)17)8-7-11-3-5-12(14)6-4-11/h3-6,9-10H,2,7-8,14H2,1H3. The highest BCUT2D eigenvalue weighted by Gasteiger charge is 2.01. The van der Waals surface area contributed by atoms with Crippen LogP contribution in [0.25, 0.3) is 0 Å². The molecule has 0 unspecified atom stereocenters. The predicted octanol–water partition coefficient (Wildman–Crippen LogP) is 1.49. The van der Waals surface area contributed by atoms with Crippen molar-refractivity contribution in [2.45, 2.75) is 26.4 Å². The molecule has 0 atom stereocenters. The molecule has 0 saturated carbocycles. The number of hydrogen-bond donors (Lipinski definition) is 1. The van der Waals surface area contributed by atoms with Crippen LogP contribution in [-0.2, 0) is 19.5 Å². The zero-order valence-corrected chi connectivity index (χ0v) is 9.97. The Balaban J connectivity index is 2.05. The molecular weight excluding hydrogens is 214 g/mol. The number of aromatic nitrogens is 2. The maximum absolute atomic E-state index is 11.8. The Hall–Kier alpha value is -1.97. The van der Waals surface area contributed by atoms with Gasteiger partial charge in [0.05, 0.1) is 0 Å². The average molecular weight is 231 g/mol. The molecule has 2 N–H and O–H groups in total. The first-order valence-corrected chi connectivity index (χ1v) is 5.80. The molecule has 0 radical (unpaired) electrons. The quantitative estimate of drug-likeness (QED) is 0.811. The summed E-state index contributed by atoms with van der Waals surface area (Å²) in [6, 6.07) is 7.76. The molecule has 90 valence electrons. The van der Waals surface area contributed by atoms with Gasteiger partial charge in [0.2, 0.25) is 0 Å². The summed E-state index contributed by atoms with van der Waals surface area (Å²) in [7, 11) is 0. The minimum absolute atomic E-state index is 0.0583. The Bertz CT molecular complexity index is 537. The molecule has 0 spiro atoms. The molecule has 0 fully saturated rings. The second kappa shape index (κ2) is 4.91. The highest BCUT2D eigenvalue weighted by atomic mass is 16.1. The maximum atomic E-state index is 11.8. The van der Waals surface area contributed by atoms with Crippen molar-refractivity contribution in [1.82, 2.24) is 9.13 Å². The fourth-order valence-electron chi connectivity index (χ4n) is 1.80. The second-order valence-corrected chi connectivity index (χ2v) is 4.05. The molecule has 1 aromatic carbocycles. The summed E-state index contributed by atoms with van der Waals surface area (Å²) in [6.07, 6.45) is 4.50. The summed E-state index contributed by atoms with van der Waals surface area (Å²) in [5.74, 6) is 0. The van der Waals surface area contributed by atoms with Crippen molar-refractivity contribution in [2.24, 2.45) is 0 Å². The summed E-state index contributed by atoms with van der Waals surface area (Å²) in [5, 5.41) is 0. The van der Waals surface area contributed by atoms with Gasteiger partial charge in [-0.2, -0.15) is 0 Å². The van der Waals surface area contributed by atoms with E-state index >= 15 is 0 Å². The summed E-state index contributed by atoms with van der Waals surface area (Å²) < 4.78 is 3.43. The minimum Gasteiger partial charge on any atom is -0.399 e. The van der Waals surface area contributed by atoms with Gasteiger partial charge < -0.3 is 5.73 Å². The van der Waals surface area contributed by atoms with Crippen molar-refractivity contribution in [2.75, 3.05) is 5.73 Å². The number of benzene rings is 1. The van der Waals surface area contributed by atoms with Crippen molar-refractivity contribution in [3.63, 3.8) is 0 Å². The van der Waals surface area contributed by atoms with Crippen LogP contribution in [0.1, 0.15) is 12.5 Å². The van der Waals surface area contributed by atoms with Crippen LogP contribution in [0.5, 0.6) is 0 Å². The zero-order valence-electron chi connectivity index (χ0n) is 9.97. The summed E-state index contributed by atoms with van der Waals surface area (Å²) in [4.78, 5) is 11.8. The lowest BCUT2D eigenvalue weighted by atomic mass is 10.1. The molecule has 0 saturated heterocycles. The van der Waals surface area contributed by atoms with Gasteiger partial charge in [0.25, 0.3) is 0 Å². The Labute approximate surface area is 100 Å².